The van der Waals surface area contributed by atoms with E-state index in [1.54, 1.807) is 0 Å². The van der Waals surface area contributed by atoms with Crippen LogP contribution < -0.4 is 11.1 Å². The third-order valence-corrected chi connectivity index (χ3v) is 3.50. The van der Waals surface area contributed by atoms with Gasteiger partial charge in [-0.15, -0.1) is 0 Å². The van der Waals surface area contributed by atoms with Crippen LogP contribution in [0.15, 0.2) is 0 Å². The predicted octanol–water partition coefficient (Wildman–Crippen LogP) is 0.490. The molecule has 5 heteroatoms. The van der Waals surface area contributed by atoms with Crippen LogP contribution in [0.25, 0.3) is 0 Å². The van der Waals surface area contributed by atoms with Crippen molar-refractivity contribution >= 4 is 11.8 Å². The van der Waals surface area contributed by atoms with Gasteiger partial charge >= 0.3 is 0 Å². The molecule has 1 saturated heterocycles. The van der Waals surface area contributed by atoms with Crippen molar-refractivity contribution in [3.05, 3.63) is 0 Å². The molecule has 0 radical (unpaired) electrons. The van der Waals surface area contributed by atoms with Crippen LogP contribution in [0.4, 0.5) is 0 Å². The van der Waals surface area contributed by atoms with Crippen molar-refractivity contribution < 1.29 is 9.59 Å². The van der Waals surface area contributed by atoms with Crippen molar-refractivity contribution in [1.29, 1.82) is 0 Å². The van der Waals surface area contributed by atoms with Gasteiger partial charge in [0.05, 0.1) is 0 Å². The lowest BCUT2D eigenvalue weighted by Gasteiger charge is -2.16. The summed E-state index contributed by atoms with van der Waals surface area (Å²) in [6.07, 6.45) is 3.99. The Balaban J connectivity index is 2.12. The maximum Gasteiger partial charge on any atom is 0.224 e. The molecule has 0 spiro atoms. The zero-order chi connectivity index (χ0) is 13.4. The van der Waals surface area contributed by atoms with Gasteiger partial charge in [-0.05, 0) is 25.3 Å². The van der Waals surface area contributed by atoms with Gasteiger partial charge < -0.3 is 16.0 Å². The first kappa shape index (κ1) is 15.0. The SMILES string of the molecule is CCC(CN)CC(=O)NCCC(=O)N1CCCC1. The minimum atomic E-state index is 0.00141. The molecule has 1 aliphatic heterocycles. The highest BCUT2D eigenvalue weighted by atomic mass is 16.2. The first-order valence-electron chi connectivity index (χ1n) is 6.92. The Kier molecular flexibility index (Phi) is 6.72. The minimum absolute atomic E-state index is 0.00141. The maximum absolute atomic E-state index is 11.7. The van der Waals surface area contributed by atoms with Gasteiger partial charge in [0.15, 0.2) is 0 Å². The summed E-state index contributed by atoms with van der Waals surface area (Å²) in [6, 6.07) is 0. The van der Waals surface area contributed by atoms with Crippen molar-refractivity contribution in [1.82, 2.24) is 10.2 Å². The summed E-state index contributed by atoms with van der Waals surface area (Å²) in [5.74, 6) is 0.402. The van der Waals surface area contributed by atoms with Crippen LogP contribution in [-0.4, -0.2) is 42.9 Å². The Morgan fingerprint density at radius 3 is 2.56 bits per heavy atom. The largest absolute Gasteiger partial charge is 0.356 e. The molecule has 0 aromatic carbocycles. The van der Waals surface area contributed by atoms with E-state index in [1.165, 1.54) is 0 Å². The first-order chi connectivity index (χ1) is 8.67. The summed E-state index contributed by atoms with van der Waals surface area (Å²) in [6.45, 7) is 4.75. The number of carbonyl (C=O) groups excluding carboxylic acids is 2. The standard InChI is InChI=1S/C13H25N3O2/c1-2-11(10-14)9-12(17)15-6-5-13(18)16-7-3-4-8-16/h11H,2-10,14H2,1H3,(H,15,17). The molecule has 1 aliphatic rings. The lowest BCUT2D eigenvalue weighted by Crippen LogP contribution is -2.33. The molecule has 1 fully saturated rings. The van der Waals surface area contributed by atoms with E-state index in [0.29, 0.717) is 25.9 Å². The molecule has 0 aliphatic carbocycles. The minimum Gasteiger partial charge on any atom is -0.356 e. The Labute approximate surface area is 109 Å². The predicted molar refractivity (Wildman–Crippen MR) is 70.9 cm³/mol. The Hall–Kier alpha value is -1.10. The van der Waals surface area contributed by atoms with Crippen LogP contribution in [0.2, 0.25) is 0 Å². The normalized spacial score (nSPS) is 16.7. The van der Waals surface area contributed by atoms with E-state index < -0.39 is 0 Å². The number of likely N-dealkylation sites (tertiary alicyclic amines) is 1. The highest BCUT2D eigenvalue weighted by Crippen LogP contribution is 2.08. The van der Waals surface area contributed by atoms with Crippen molar-refractivity contribution in [2.45, 2.75) is 39.0 Å². The average Bonchev–Trinajstić information content (AvgIpc) is 2.89. The van der Waals surface area contributed by atoms with Crippen molar-refractivity contribution in [3.63, 3.8) is 0 Å². The van der Waals surface area contributed by atoms with Crippen molar-refractivity contribution in [3.8, 4) is 0 Å². The molecule has 18 heavy (non-hydrogen) atoms. The van der Waals surface area contributed by atoms with Gasteiger partial charge in [-0.1, -0.05) is 13.3 Å². The lowest BCUT2D eigenvalue weighted by molar-refractivity contribution is -0.130. The molecule has 2 amide bonds. The second-order valence-electron chi connectivity index (χ2n) is 4.90. The molecule has 104 valence electrons. The summed E-state index contributed by atoms with van der Waals surface area (Å²) in [4.78, 5) is 25.2. The summed E-state index contributed by atoms with van der Waals surface area (Å²) < 4.78 is 0. The number of rotatable bonds is 7. The molecule has 0 aromatic rings. The van der Waals surface area contributed by atoms with Crippen LogP contribution >= 0.6 is 0 Å². The highest BCUT2D eigenvalue weighted by Gasteiger charge is 2.17. The van der Waals surface area contributed by atoms with E-state index in [0.717, 1.165) is 32.4 Å². The molecule has 1 rings (SSSR count). The molecular weight excluding hydrogens is 230 g/mol. The van der Waals surface area contributed by atoms with Gasteiger partial charge in [0.1, 0.15) is 0 Å². The van der Waals surface area contributed by atoms with E-state index in [-0.39, 0.29) is 17.7 Å². The van der Waals surface area contributed by atoms with Gasteiger partial charge in [-0.2, -0.15) is 0 Å². The van der Waals surface area contributed by atoms with Gasteiger partial charge in [0.25, 0.3) is 0 Å². The van der Waals surface area contributed by atoms with Crippen LogP contribution in [-0.2, 0) is 9.59 Å². The fourth-order valence-corrected chi connectivity index (χ4v) is 2.16. The van der Waals surface area contributed by atoms with E-state index >= 15 is 0 Å². The topological polar surface area (TPSA) is 75.4 Å². The molecule has 0 bridgehead atoms. The molecule has 1 unspecified atom stereocenters. The van der Waals surface area contributed by atoms with Gasteiger partial charge in [0, 0.05) is 32.5 Å². The maximum atomic E-state index is 11.7. The van der Waals surface area contributed by atoms with Crippen molar-refractivity contribution in [2.24, 2.45) is 11.7 Å². The molecule has 5 nitrogen and oxygen atoms in total. The fraction of sp³-hybridized carbons (Fsp3) is 0.846. The zero-order valence-electron chi connectivity index (χ0n) is 11.3. The molecule has 0 aromatic heterocycles. The third kappa shape index (κ3) is 5.04. The smallest absolute Gasteiger partial charge is 0.224 e. The quantitative estimate of drug-likeness (QED) is 0.695. The van der Waals surface area contributed by atoms with E-state index in [4.69, 9.17) is 5.73 Å². The van der Waals surface area contributed by atoms with Crippen LogP contribution in [0, 0.1) is 5.92 Å². The summed E-state index contributed by atoms with van der Waals surface area (Å²) >= 11 is 0. The van der Waals surface area contributed by atoms with Gasteiger partial charge in [-0.3, -0.25) is 9.59 Å². The second-order valence-corrected chi connectivity index (χ2v) is 4.90. The number of nitrogens with zero attached hydrogens (tertiary/aromatic N) is 1. The summed E-state index contributed by atoms with van der Waals surface area (Å²) in [5, 5.41) is 2.79. The first-order valence-corrected chi connectivity index (χ1v) is 6.92. The molecule has 1 heterocycles. The van der Waals surface area contributed by atoms with E-state index in [1.807, 2.05) is 11.8 Å². The zero-order valence-corrected chi connectivity index (χ0v) is 11.3. The molecule has 1 atom stereocenters. The van der Waals surface area contributed by atoms with Crippen LogP contribution in [0.3, 0.4) is 0 Å². The Morgan fingerprint density at radius 1 is 1.33 bits per heavy atom. The monoisotopic (exact) mass is 255 g/mol. The Morgan fingerprint density at radius 2 is 2.00 bits per heavy atom. The highest BCUT2D eigenvalue weighted by molar-refractivity contribution is 5.79. The number of nitrogens with one attached hydrogen (secondary N) is 1. The van der Waals surface area contributed by atoms with Gasteiger partial charge in [0.2, 0.25) is 11.8 Å². The van der Waals surface area contributed by atoms with E-state index in [9.17, 15) is 9.59 Å². The number of hydrogen-bond donors (Lipinski definition) is 2. The van der Waals surface area contributed by atoms with Crippen molar-refractivity contribution in [2.75, 3.05) is 26.2 Å². The third-order valence-electron chi connectivity index (χ3n) is 3.50. The van der Waals surface area contributed by atoms with Crippen LogP contribution in [0.1, 0.15) is 39.0 Å². The molecule has 3 N–H and O–H groups in total. The Bertz CT molecular complexity index is 271. The molecule has 0 saturated carbocycles. The summed E-state index contributed by atoms with van der Waals surface area (Å²) in [7, 11) is 0. The number of nitrogens with two attached hydrogens (primary N) is 1. The number of hydrogen-bond acceptors (Lipinski definition) is 3. The second kappa shape index (κ2) is 8.08. The van der Waals surface area contributed by atoms with E-state index in [2.05, 4.69) is 5.32 Å². The fourth-order valence-electron chi connectivity index (χ4n) is 2.16. The van der Waals surface area contributed by atoms with Gasteiger partial charge in [-0.25, -0.2) is 0 Å². The summed E-state index contributed by atoms with van der Waals surface area (Å²) in [5.41, 5.74) is 5.55. The number of carbonyl (C=O) groups is 2. The average molecular weight is 255 g/mol. The molecular formula is C13H25N3O2. The lowest BCUT2D eigenvalue weighted by atomic mass is 10.0. The van der Waals surface area contributed by atoms with Crippen LogP contribution in [0.5, 0.6) is 0 Å². The number of amides is 2.